The van der Waals surface area contributed by atoms with Crippen molar-refractivity contribution in [2.75, 3.05) is 44.3 Å². The van der Waals surface area contributed by atoms with Crippen LogP contribution in [0, 0.1) is 11.3 Å². The molecule has 2 fully saturated rings. The summed E-state index contributed by atoms with van der Waals surface area (Å²) in [6.07, 6.45) is 6.23. The Morgan fingerprint density at radius 3 is 2.52 bits per heavy atom. The molecule has 0 spiro atoms. The number of nitrogens with one attached hydrogen (secondary N) is 1. The Hall–Kier alpha value is -2.15. The van der Waals surface area contributed by atoms with Crippen LogP contribution in [0.3, 0.4) is 0 Å². The largest absolute Gasteiger partial charge is 0.379 e. The Bertz CT molecular complexity index is 958. The molecule has 1 N–H and O–H groups in total. The zero-order valence-corrected chi connectivity index (χ0v) is 18.6. The number of anilines is 1. The molecule has 8 nitrogen and oxygen atoms in total. The molecule has 0 radical (unpaired) electrons. The van der Waals surface area contributed by atoms with Crippen molar-refractivity contribution in [2.24, 2.45) is 0 Å². The zero-order valence-electron chi connectivity index (χ0n) is 17.8. The molecule has 2 heterocycles. The first-order valence-electron chi connectivity index (χ1n) is 11.1. The van der Waals surface area contributed by atoms with Gasteiger partial charge in [0, 0.05) is 25.3 Å². The highest BCUT2D eigenvalue weighted by Crippen LogP contribution is 2.32. The fourth-order valence-electron chi connectivity index (χ4n) is 4.78. The molecule has 9 heteroatoms. The number of hydrogen-bond acceptors (Lipinski definition) is 6. The number of fused-ring (bicyclic) bond motifs is 1. The second kappa shape index (κ2) is 9.15. The topological polar surface area (TPSA) is 103 Å². The van der Waals surface area contributed by atoms with Crippen LogP contribution in [0.4, 0.5) is 5.69 Å². The smallest absolute Gasteiger partial charge is 0.243 e. The Morgan fingerprint density at radius 1 is 1.13 bits per heavy atom. The van der Waals surface area contributed by atoms with Gasteiger partial charge in [-0.3, -0.25) is 4.79 Å². The lowest BCUT2D eigenvalue weighted by Gasteiger charge is -2.28. The van der Waals surface area contributed by atoms with Crippen molar-refractivity contribution >= 4 is 21.6 Å². The van der Waals surface area contributed by atoms with E-state index < -0.39 is 15.6 Å². The number of benzene rings is 1. The number of rotatable bonds is 5. The maximum absolute atomic E-state index is 12.9. The molecule has 1 saturated carbocycles. The van der Waals surface area contributed by atoms with Gasteiger partial charge in [0.2, 0.25) is 15.9 Å². The highest BCUT2D eigenvalue weighted by atomic mass is 32.2. The predicted molar refractivity (Wildman–Crippen MR) is 116 cm³/mol. The van der Waals surface area contributed by atoms with Gasteiger partial charge in [-0.2, -0.15) is 9.57 Å². The third-order valence-corrected chi connectivity index (χ3v) is 8.43. The SMILES string of the molecule is N#CC1(NC(=O)CN2CCc3cc(S(=O)(=O)N4CCOCC4)ccc32)CCCCCC1. The van der Waals surface area contributed by atoms with E-state index in [9.17, 15) is 18.5 Å². The van der Waals surface area contributed by atoms with Crippen LogP contribution >= 0.6 is 0 Å². The molecule has 1 aromatic rings. The first-order chi connectivity index (χ1) is 14.9. The molecule has 0 atom stereocenters. The first-order valence-corrected chi connectivity index (χ1v) is 12.6. The van der Waals surface area contributed by atoms with E-state index in [4.69, 9.17) is 4.74 Å². The summed E-state index contributed by atoms with van der Waals surface area (Å²) >= 11 is 0. The molecule has 0 aromatic heterocycles. The summed E-state index contributed by atoms with van der Waals surface area (Å²) in [5.74, 6) is -0.152. The minimum atomic E-state index is -3.54. The highest BCUT2D eigenvalue weighted by molar-refractivity contribution is 7.89. The van der Waals surface area contributed by atoms with E-state index in [0.29, 0.717) is 57.0 Å². The molecule has 3 aliphatic rings. The summed E-state index contributed by atoms with van der Waals surface area (Å²) in [4.78, 5) is 15.0. The van der Waals surface area contributed by atoms with Crippen LogP contribution < -0.4 is 10.2 Å². The van der Waals surface area contributed by atoms with Gasteiger partial charge < -0.3 is 15.0 Å². The number of hydrogen-bond donors (Lipinski definition) is 1. The lowest BCUT2D eigenvalue weighted by molar-refractivity contribution is -0.121. The number of carbonyl (C=O) groups is 1. The average molecular weight is 447 g/mol. The van der Waals surface area contributed by atoms with Crippen molar-refractivity contribution in [3.8, 4) is 6.07 Å². The monoisotopic (exact) mass is 446 g/mol. The molecular formula is C22H30N4O4S. The average Bonchev–Trinajstić information content (AvgIpc) is 3.02. The van der Waals surface area contributed by atoms with E-state index in [1.54, 1.807) is 18.2 Å². The summed E-state index contributed by atoms with van der Waals surface area (Å²) in [6.45, 7) is 2.39. The lowest BCUT2D eigenvalue weighted by Crippen LogP contribution is -2.50. The van der Waals surface area contributed by atoms with Gasteiger partial charge in [0.15, 0.2) is 0 Å². The van der Waals surface area contributed by atoms with Crippen molar-refractivity contribution in [1.82, 2.24) is 9.62 Å². The molecule has 1 aliphatic carbocycles. The fraction of sp³-hybridized carbons (Fsp3) is 0.636. The van der Waals surface area contributed by atoms with Gasteiger partial charge in [-0.1, -0.05) is 25.7 Å². The van der Waals surface area contributed by atoms with Crippen LogP contribution in [0.1, 0.15) is 44.1 Å². The molecule has 168 valence electrons. The van der Waals surface area contributed by atoms with Crippen molar-refractivity contribution in [3.05, 3.63) is 23.8 Å². The zero-order chi connectivity index (χ0) is 21.9. The summed E-state index contributed by atoms with van der Waals surface area (Å²) in [7, 11) is -3.54. The molecule has 1 amide bonds. The molecule has 1 aromatic carbocycles. The Balaban J connectivity index is 1.44. The van der Waals surface area contributed by atoms with E-state index in [0.717, 1.165) is 36.9 Å². The second-order valence-electron chi connectivity index (χ2n) is 8.63. The van der Waals surface area contributed by atoms with Crippen molar-refractivity contribution in [3.63, 3.8) is 0 Å². The maximum Gasteiger partial charge on any atom is 0.243 e. The van der Waals surface area contributed by atoms with E-state index in [-0.39, 0.29) is 12.5 Å². The summed E-state index contributed by atoms with van der Waals surface area (Å²) in [5, 5.41) is 12.7. The number of sulfonamides is 1. The van der Waals surface area contributed by atoms with Crippen molar-refractivity contribution < 1.29 is 17.9 Å². The van der Waals surface area contributed by atoms with Gasteiger partial charge >= 0.3 is 0 Å². The van der Waals surface area contributed by atoms with Gasteiger partial charge in [-0.05, 0) is 43.0 Å². The lowest BCUT2D eigenvalue weighted by atomic mass is 9.92. The van der Waals surface area contributed by atoms with E-state index in [1.165, 1.54) is 4.31 Å². The van der Waals surface area contributed by atoms with Crippen molar-refractivity contribution in [2.45, 2.75) is 55.4 Å². The third kappa shape index (κ3) is 4.71. The molecule has 4 rings (SSSR count). The standard InChI is InChI=1S/C22H30N4O4S/c23-17-22(8-3-1-2-4-9-22)24-21(27)16-25-10-7-18-15-19(5-6-20(18)25)31(28,29)26-11-13-30-14-12-26/h5-6,15H,1-4,7-14,16H2,(H,24,27). The number of ether oxygens (including phenoxy) is 1. The minimum absolute atomic E-state index is 0.152. The molecule has 2 aliphatic heterocycles. The highest BCUT2D eigenvalue weighted by Gasteiger charge is 2.34. The van der Waals surface area contributed by atoms with Gasteiger partial charge in [-0.15, -0.1) is 0 Å². The number of nitriles is 1. The maximum atomic E-state index is 12.9. The van der Waals surface area contributed by atoms with Gasteiger partial charge in [0.05, 0.1) is 30.7 Å². The molecule has 0 unspecified atom stereocenters. The van der Waals surface area contributed by atoms with Crippen LogP contribution in [0.2, 0.25) is 0 Å². The van der Waals surface area contributed by atoms with Gasteiger partial charge in [-0.25, -0.2) is 8.42 Å². The molecule has 0 bridgehead atoms. The van der Waals surface area contributed by atoms with Gasteiger partial charge in [0.1, 0.15) is 5.54 Å². The van der Waals surface area contributed by atoms with Crippen LogP contribution in [0.15, 0.2) is 23.1 Å². The minimum Gasteiger partial charge on any atom is -0.379 e. The number of morpholine rings is 1. The van der Waals surface area contributed by atoms with Crippen LogP contribution in [0.25, 0.3) is 0 Å². The third-order valence-electron chi connectivity index (χ3n) is 6.53. The van der Waals surface area contributed by atoms with Crippen molar-refractivity contribution in [1.29, 1.82) is 5.26 Å². The molecule has 1 saturated heterocycles. The molecular weight excluding hydrogens is 416 g/mol. The van der Waals surface area contributed by atoms with Crippen LogP contribution in [-0.2, 0) is 26.0 Å². The first kappa shape index (κ1) is 22.1. The van der Waals surface area contributed by atoms with Crippen LogP contribution in [0.5, 0.6) is 0 Å². The number of nitrogens with zero attached hydrogens (tertiary/aromatic N) is 3. The van der Waals surface area contributed by atoms with E-state index >= 15 is 0 Å². The van der Waals surface area contributed by atoms with E-state index in [2.05, 4.69) is 11.4 Å². The second-order valence-corrected chi connectivity index (χ2v) is 10.6. The Labute approximate surface area is 184 Å². The summed E-state index contributed by atoms with van der Waals surface area (Å²) in [5.41, 5.74) is 1.07. The fourth-order valence-corrected chi connectivity index (χ4v) is 6.24. The Morgan fingerprint density at radius 2 is 1.84 bits per heavy atom. The summed E-state index contributed by atoms with van der Waals surface area (Å²) in [6, 6.07) is 7.52. The van der Waals surface area contributed by atoms with Crippen LogP contribution in [-0.4, -0.2) is 63.6 Å². The molecule has 31 heavy (non-hydrogen) atoms. The number of carbonyl (C=O) groups excluding carboxylic acids is 1. The predicted octanol–water partition coefficient (Wildman–Crippen LogP) is 1.80. The summed E-state index contributed by atoms with van der Waals surface area (Å²) < 4.78 is 32.6. The Kier molecular flexibility index (Phi) is 6.51. The quantitative estimate of drug-likeness (QED) is 0.692. The van der Waals surface area contributed by atoms with E-state index in [1.807, 2.05) is 4.90 Å². The number of amides is 1. The normalized spacial score (nSPS) is 21.7. The van der Waals surface area contributed by atoms with Gasteiger partial charge in [0.25, 0.3) is 0 Å².